The molecule has 2 aromatic rings. The largest absolute Gasteiger partial charge is 0.359 e. The summed E-state index contributed by atoms with van der Waals surface area (Å²) in [5.41, 5.74) is 2.25. The summed E-state index contributed by atoms with van der Waals surface area (Å²) in [5.74, 6) is 0.865. The molecule has 0 aliphatic heterocycles. The molecule has 1 aromatic carbocycles. The zero-order chi connectivity index (χ0) is 15.2. The van der Waals surface area contributed by atoms with Gasteiger partial charge in [-0.25, -0.2) is 23.1 Å². The molecule has 0 N–H and O–H groups in total. The van der Waals surface area contributed by atoms with E-state index in [1.165, 1.54) is 5.56 Å². The second-order valence-electron chi connectivity index (χ2n) is 3.75. The maximum atomic E-state index is 8.49. The van der Waals surface area contributed by atoms with Crippen LogP contribution in [0.15, 0.2) is 47.1 Å². The number of halogens is 2. The van der Waals surface area contributed by atoms with Gasteiger partial charge in [0.1, 0.15) is 0 Å². The Bertz CT molecular complexity index is 514. The summed E-state index contributed by atoms with van der Waals surface area (Å²) in [6.45, 7) is 2.10. The molecule has 1 aromatic heterocycles. The molecule has 20 heavy (non-hydrogen) atoms. The topological polar surface area (TPSA) is 104 Å². The fourth-order valence-electron chi connectivity index (χ4n) is 1.38. The van der Waals surface area contributed by atoms with Gasteiger partial charge in [0.2, 0.25) is 0 Å². The van der Waals surface area contributed by atoms with Crippen molar-refractivity contribution in [2.24, 2.45) is 0 Å². The fourth-order valence-corrected chi connectivity index (χ4v) is 1.51. The van der Waals surface area contributed by atoms with Crippen molar-refractivity contribution < 1.29 is 33.3 Å². The van der Waals surface area contributed by atoms with Gasteiger partial charge in [-0.1, -0.05) is 18.5 Å². The van der Waals surface area contributed by atoms with Crippen LogP contribution in [0.4, 0.5) is 0 Å². The number of rotatable bonds is 2. The third kappa shape index (κ3) is 6.81. The second-order valence-corrected chi connectivity index (χ2v) is 4.94. The molecule has 0 aliphatic carbocycles. The van der Waals surface area contributed by atoms with E-state index < -0.39 is 10.2 Å². The van der Waals surface area contributed by atoms with Crippen molar-refractivity contribution in [1.29, 1.82) is 0 Å². The SMILES string of the molecule is CCc1ccc(-c2ccc(Cl)cc2)[o+]c1.[O-][Cl+3]([O-])([O-])[O-]. The minimum absolute atomic E-state index is 0.740. The molecule has 0 saturated heterocycles. The van der Waals surface area contributed by atoms with Crippen LogP contribution < -0.4 is 18.6 Å². The van der Waals surface area contributed by atoms with Gasteiger partial charge in [0.15, 0.2) is 0 Å². The molecule has 0 atom stereocenters. The van der Waals surface area contributed by atoms with Crippen molar-refractivity contribution in [2.75, 3.05) is 0 Å². The summed E-state index contributed by atoms with van der Waals surface area (Å²) >= 11 is 5.82. The molecule has 0 saturated carbocycles. The molecular formula is C13H12Cl2O5. The Morgan fingerprint density at radius 3 is 1.95 bits per heavy atom. The highest BCUT2D eigenvalue weighted by Gasteiger charge is 2.10. The lowest BCUT2D eigenvalue weighted by Gasteiger charge is -2.17. The summed E-state index contributed by atoms with van der Waals surface area (Å²) in [5, 5.41) is 0.740. The van der Waals surface area contributed by atoms with Crippen molar-refractivity contribution in [1.82, 2.24) is 0 Å². The zero-order valence-corrected chi connectivity index (χ0v) is 12.1. The van der Waals surface area contributed by atoms with Crippen molar-refractivity contribution >= 4 is 11.6 Å². The van der Waals surface area contributed by atoms with E-state index in [-0.39, 0.29) is 0 Å². The first-order valence-corrected chi connectivity index (χ1v) is 7.19. The number of aryl methyl sites for hydroxylation is 1. The molecule has 0 unspecified atom stereocenters. The first kappa shape index (κ1) is 16.8. The molecule has 0 fully saturated rings. The molecule has 7 heteroatoms. The Labute approximate surface area is 123 Å². The van der Waals surface area contributed by atoms with E-state index in [4.69, 9.17) is 34.7 Å². The molecule has 5 nitrogen and oxygen atoms in total. The molecule has 0 bridgehead atoms. The van der Waals surface area contributed by atoms with E-state index in [1.54, 1.807) is 6.26 Å². The summed E-state index contributed by atoms with van der Waals surface area (Å²) in [6.07, 6.45) is 2.79. The van der Waals surface area contributed by atoms with Gasteiger partial charge in [0.25, 0.3) is 0 Å². The van der Waals surface area contributed by atoms with Crippen LogP contribution in [0.25, 0.3) is 11.3 Å². The van der Waals surface area contributed by atoms with E-state index in [0.29, 0.717) is 0 Å². The van der Waals surface area contributed by atoms with E-state index in [2.05, 4.69) is 13.0 Å². The minimum atomic E-state index is -4.94. The van der Waals surface area contributed by atoms with Crippen molar-refractivity contribution in [3.8, 4) is 11.3 Å². The summed E-state index contributed by atoms with van der Waals surface area (Å²) in [6, 6.07) is 11.7. The van der Waals surface area contributed by atoms with Crippen LogP contribution in [-0.4, -0.2) is 0 Å². The normalized spacial score (nSPS) is 10.7. The molecular weight excluding hydrogens is 307 g/mol. The van der Waals surface area contributed by atoms with Gasteiger partial charge < -0.3 is 0 Å². The first-order valence-electron chi connectivity index (χ1n) is 5.58. The zero-order valence-electron chi connectivity index (χ0n) is 10.5. The third-order valence-electron chi connectivity index (χ3n) is 2.32. The second kappa shape index (κ2) is 7.54. The fraction of sp³-hybridized carbons (Fsp3) is 0.154. The molecule has 1 heterocycles. The quantitative estimate of drug-likeness (QED) is 0.706. The summed E-state index contributed by atoms with van der Waals surface area (Å²) in [7, 11) is -4.94. The first-order chi connectivity index (χ1) is 9.29. The lowest BCUT2D eigenvalue weighted by molar-refractivity contribution is -2.00. The Morgan fingerprint density at radius 1 is 1.00 bits per heavy atom. The van der Waals surface area contributed by atoms with E-state index in [1.807, 2.05) is 30.3 Å². The minimum Gasteiger partial charge on any atom is -0.222 e. The van der Waals surface area contributed by atoms with Crippen LogP contribution in [0.5, 0.6) is 0 Å². The van der Waals surface area contributed by atoms with Gasteiger partial charge in [0, 0.05) is 16.7 Å². The van der Waals surface area contributed by atoms with Crippen LogP contribution in [0, 0.1) is 10.2 Å². The monoisotopic (exact) mass is 318 g/mol. The van der Waals surface area contributed by atoms with Crippen molar-refractivity contribution in [3.05, 3.63) is 53.2 Å². The molecule has 2 rings (SSSR count). The smallest absolute Gasteiger partial charge is 0.222 e. The van der Waals surface area contributed by atoms with Crippen LogP contribution in [-0.2, 0) is 6.42 Å². The van der Waals surface area contributed by atoms with E-state index in [0.717, 1.165) is 22.8 Å². The van der Waals surface area contributed by atoms with Crippen molar-refractivity contribution in [3.63, 3.8) is 0 Å². The van der Waals surface area contributed by atoms with Crippen LogP contribution in [0.1, 0.15) is 12.5 Å². The maximum Gasteiger partial charge on any atom is 0.359 e. The van der Waals surface area contributed by atoms with Gasteiger partial charge >= 0.3 is 12.0 Å². The Balaban J connectivity index is 0.000000347. The van der Waals surface area contributed by atoms with Crippen molar-refractivity contribution in [2.45, 2.75) is 13.3 Å². The number of hydrogen-bond donors (Lipinski definition) is 0. The van der Waals surface area contributed by atoms with E-state index in [9.17, 15) is 0 Å². The average Bonchev–Trinajstić information content (AvgIpc) is 2.38. The Morgan fingerprint density at radius 2 is 1.55 bits per heavy atom. The standard InChI is InChI=1S/C13H12ClO.ClHO4/c1-2-10-3-8-13(15-9-10)11-4-6-12(14)7-5-11;2-1(3,4)5/h3-9H,2H2,1H3;(H,2,3,4,5)/q+1;/p-1. The average molecular weight is 319 g/mol. The van der Waals surface area contributed by atoms with Gasteiger partial charge in [-0.05, 0) is 36.8 Å². The number of hydrogen-bond acceptors (Lipinski definition) is 4. The van der Waals surface area contributed by atoms with Crippen LogP contribution in [0.3, 0.4) is 0 Å². The van der Waals surface area contributed by atoms with Crippen LogP contribution in [0.2, 0.25) is 5.02 Å². The molecule has 0 radical (unpaired) electrons. The highest BCUT2D eigenvalue weighted by molar-refractivity contribution is 6.30. The van der Waals surface area contributed by atoms with Crippen LogP contribution >= 0.6 is 11.6 Å². The third-order valence-corrected chi connectivity index (χ3v) is 2.58. The Kier molecular flexibility index (Phi) is 6.35. The highest BCUT2D eigenvalue weighted by Crippen LogP contribution is 2.21. The van der Waals surface area contributed by atoms with E-state index >= 15 is 0 Å². The lowest BCUT2D eigenvalue weighted by Crippen LogP contribution is -2.68. The molecule has 0 aliphatic rings. The molecule has 0 spiro atoms. The molecule has 0 amide bonds. The predicted octanol–water partition coefficient (Wildman–Crippen LogP) is -0.312. The summed E-state index contributed by atoms with van der Waals surface area (Å²) in [4.78, 5) is 0. The van der Waals surface area contributed by atoms with Gasteiger partial charge in [-0.3, -0.25) is 0 Å². The predicted molar refractivity (Wildman–Crippen MR) is 62.9 cm³/mol. The highest BCUT2D eigenvalue weighted by atomic mass is 35.7. The maximum absolute atomic E-state index is 8.49. The molecule has 108 valence electrons. The number of benzene rings is 1. The Hall–Kier alpha value is -1.21. The lowest BCUT2D eigenvalue weighted by atomic mass is 10.1. The van der Waals surface area contributed by atoms with Gasteiger partial charge in [-0.15, -0.1) is 10.2 Å². The van der Waals surface area contributed by atoms with Gasteiger partial charge in [0.05, 0.1) is 5.56 Å². The summed E-state index contributed by atoms with van der Waals surface area (Å²) < 4.78 is 39.5. The van der Waals surface area contributed by atoms with Gasteiger partial charge in [-0.2, -0.15) is 0 Å².